The van der Waals surface area contributed by atoms with Gasteiger partial charge in [-0.25, -0.2) is 9.79 Å². The van der Waals surface area contributed by atoms with Gasteiger partial charge < -0.3 is 9.64 Å². The zero-order valence-corrected chi connectivity index (χ0v) is 12.9. The molecule has 2 aromatic rings. The average molecular weight is 308 g/mol. The molecule has 0 aliphatic rings. The number of benzene rings is 2. The Morgan fingerprint density at radius 2 is 2.00 bits per heavy atom. The van der Waals surface area contributed by atoms with Crippen LogP contribution in [-0.4, -0.2) is 31.4 Å². The molecule has 1 amide bonds. The molecule has 2 rings (SSSR count). The molecule has 0 aromatic heterocycles. The van der Waals surface area contributed by atoms with Gasteiger partial charge in [0.05, 0.1) is 17.6 Å². The summed E-state index contributed by atoms with van der Waals surface area (Å²) in [5.74, 6) is 0.442. The lowest BCUT2D eigenvalue weighted by Gasteiger charge is -2.08. The van der Waals surface area contributed by atoms with Gasteiger partial charge in [-0.05, 0) is 30.3 Å². The molecule has 0 spiro atoms. The zero-order valence-electron chi connectivity index (χ0n) is 12.9. The van der Waals surface area contributed by atoms with E-state index in [0.29, 0.717) is 22.7 Å². The molecule has 0 heterocycles. The number of hydrogen-bond donors (Lipinski definition) is 1. The summed E-state index contributed by atoms with van der Waals surface area (Å²) in [6.07, 6.45) is 0.983. The second kappa shape index (κ2) is 7.61. The largest absolute Gasteiger partial charge is 0.417 e. The molecule has 0 fully saturated rings. The van der Waals surface area contributed by atoms with E-state index in [0.717, 1.165) is 0 Å². The van der Waals surface area contributed by atoms with Crippen molar-refractivity contribution in [1.82, 2.24) is 4.90 Å². The molecule has 0 saturated heterocycles. The smallest absolute Gasteiger partial charge is 0.410 e. The van der Waals surface area contributed by atoms with Crippen LogP contribution in [0.1, 0.15) is 5.56 Å². The van der Waals surface area contributed by atoms with Crippen LogP contribution in [-0.2, 0) is 0 Å². The van der Waals surface area contributed by atoms with Crippen molar-refractivity contribution in [2.45, 2.75) is 0 Å². The van der Waals surface area contributed by atoms with Crippen LogP contribution in [0.15, 0.2) is 53.5 Å². The Kier molecular flexibility index (Phi) is 5.31. The minimum atomic E-state index is -0.621. The quantitative estimate of drug-likeness (QED) is 0.693. The van der Waals surface area contributed by atoms with Crippen molar-refractivity contribution in [3.63, 3.8) is 0 Å². The molecule has 23 heavy (non-hydrogen) atoms. The van der Waals surface area contributed by atoms with E-state index in [1.807, 2.05) is 20.2 Å². The topological polar surface area (TPSA) is 77.7 Å². The van der Waals surface area contributed by atoms with Gasteiger partial charge >= 0.3 is 6.09 Å². The fraction of sp³-hybridized carbons (Fsp3) is 0.118. The normalized spacial score (nSPS) is 10.1. The van der Waals surface area contributed by atoms with E-state index < -0.39 is 6.09 Å². The van der Waals surface area contributed by atoms with Crippen molar-refractivity contribution >= 4 is 23.8 Å². The number of anilines is 1. The van der Waals surface area contributed by atoms with Crippen LogP contribution >= 0.6 is 0 Å². The van der Waals surface area contributed by atoms with Crippen LogP contribution in [0.4, 0.5) is 16.2 Å². The lowest BCUT2D eigenvalue weighted by molar-refractivity contribution is 0.215. The summed E-state index contributed by atoms with van der Waals surface area (Å²) in [5, 5.41) is 11.8. The zero-order chi connectivity index (χ0) is 16.7. The van der Waals surface area contributed by atoms with Gasteiger partial charge in [0.25, 0.3) is 0 Å². The summed E-state index contributed by atoms with van der Waals surface area (Å²) < 4.78 is 5.13. The van der Waals surface area contributed by atoms with Gasteiger partial charge in [0.15, 0.2) is 0 Å². The number of nitrogens with zero attached hydrogens (tertiary/aromatic N) is 3. The highest BCUT2D eigenvalue weighted by Crippen LogP contribution is 2.22. The van der Waals surface area contributed by atoms with Crippen LogP contribution in [0.3, 0.4) is 0 Å². The molecule has 2 aromatic carbocycles. The van der Waals surface area contributed by atoms with Crippen LogP contribution < -0.4 is 10.1 Å². The maximum Gasteiger partial charge on any atom is 0.417 e. The number of carbonyl (C=O) groups is 1. The van der Waals surface area contributed by atoms with E-state index in [1.54, 1.807) is 53.7 Å². The first-order valence-electron chi connectivity index (χ1n) is 6.87. The molecular formula is C17H16N4O2. The number of rotatable bonds is 4. The van der Waals surface area contributed by atoms with Crippen molar-refractivity contribution < 1.29 is 9.53 Å². The number of para-hydroxylation sites is 1. The van der Waals surface area contributed by atoms with Crippen LogP contribution in [0.5, 0.6) is 5.75 Å². The molecule has 0 saturated carbocycles. The summed E-state index contributed by atoms with van der Waals surface area (Å²) in [4.78, 5) is 17.8. The molecule has 0 unspecified atom stereocenters. The third kappa shape index (κ3) is 4.86. The number of carbonyl (C=O) groups excluding carboxylic acids is 1. The Hall–Kier alpha value is -3.33. The Morgan fingerprint density at radius 3 is 2.65 bits per heavy atom. The van der Waals surface area contributed by atoms with Crippen molar-refractivity contribution in [1.29, 1.82) is 5.26 Å². The number of ether oxygens (including phenoxy) is 1. The first-order chi connectivity index (χ1) is 11.1. The van der Waals surface area contributed by atoms with Crippen LogP contribution in [0.2, 0.25) is 0 Å². The predicted octanol–water partition coefficient (Wildman–Crippen LogP) is 3.39. The van der Waals surface area contributed by atoms with Gasteiger partial charge in [0, 0.05) is 19.8 Å². The molecule has 0 aliphatic heterocycles. The van der Waals surface area contributed by atoms with Crippen LogP contribution in [0.25, 0.3) is 0 Å². The number of nitrogens with one attached hydrogen (secondary N) is 1. The van der Waals surface area contributed by atoms with Gasteiger partial charge in [-0.3, -0.25) is 5.32 Å². The van der Waals surface area contributed by atoms with Gasteiger partial charge in [0.2, 0.25) is 0 Å². The first-order valence-corrected chi connectivity index (χ1v) is 6.87. The maximum atomic E-state index is 11.8. The number of nitriles is 1. The Balaban J connectivity index is 2.09. The van der Waals surface area contributed by atoms with Gasteiger partial charge in [-0.2, -0.15) is 5.26 Å². The van der Waals surface area contributed by atoms with Gasteiger partial charge in [0.1, 0.15) is 11.8 Å². The molecule has 0 aliphatic carbocycles. The highest BCUT2D eigenvalue weighted by atomic mass is 16.6. The molecule has 6 nitrogen and oxygen atoms in total. The van der Waals surface area contributed by atoms with Crippen LogP contribution in [0, 0.1) is 11.3 Å². The van der Waals surface area contributed by atoms with Crippen molar-refractivity contribution in [3.8, 4) is 11.8 Å². The van der Waals surface area contributed by atoms with Gasteiger partial charge in [-0.15, -0.1) is 0 Å². The van der Waals surface area contributed by atoms with Crippen molar-refractivity contribution in [2.75, 3.05) is 19.4 Å². The fourth-order valence-electron chi connectivity index (χ4n) is 1.73. The Labute approximate surface area is 134 Å². The molecule has 6 heteroatoms. The highest BCUT2D eigenvalue weighted by molar-refractivity contribution is 5.87. The van der Waals surface area contributed by atoms with E-state index in [9.17, 15) is 10.1 Å². The minimum Gasteiger partial charge on any atom is -0.410 e. The molecule has 116 valence electrons. The molecule has 0 radical (unpaired) electrons. The lowest BCUT2D eigenvalue weighted by Crippen LogP contribution is -2.16. The number of aliphatic imine (C=N–C) groups is 1. The number of hydrogen-bond acceptors (Lipinski definition) is 4. The first kappa shape index (κ1) is 16.0. The average Bonchev–Trinajstić information content (AvgIpc) is 2.54. The second-order valence-corrected chi connectivity index (χ2v) is 4.88. The second-order valence-electron chi connectivity index (χ2n) is 4.88. The Bertz CT molecular complexity index is 749. The SMILES string of the molecule is CN(C)C=Nc1ccc(NC(=O)Oc2ccccc2)cc1C#N. The summed E-state index contributed by atoms with van der Waals surface area (Å²) in [6.45, 7) is 0. The standard InChI is InChI=1S/C17H16N4O2/c1-21(2)12-19-16-9-8-14(10-13(16)11-18)20-17(22)23-15-6-4-3-5-7-15/h3-10,12H,1-2H3,(H,20,22). The third-order valence-corrected chi connectivity index (χ3v) is 2.74. The van der Waals surface area contributed by atoms with E-state index in [-0.39, 0.29) is 0 Å². The minimum absolute atomic E-state index is 0.362. The van der Waals surface area contributed by atoms with Crippen molar-refractivity contribution in [3.05, 3.63) is 54.1 Å². The van der Waals surface area contributed by atoms with E-state index in [1.165, 1.54) is 0 Å². The summed E-state index contributed by atoms with van der Waals surface area (Å²) in [7, 11) is 3.68. The summed E-state index contributed by atoms with van der Waals surface area (Å²) in [6, 6.07) is 15.7. The molecule has 1 N–H and O–H groups in total. The van der Waals surface area contributed by atoms with E-state index in [4.69, 9.17) is 4.74 Å². The monoisotopic (exact) mass is 308 g/mol. The summed E-state index contributed by atoms with van der Waals surface area (Å²) >= 11 is 0. The Morgan fingerprint density at radius 1 is 1.26 bits per heavy atom. The highest BCUT2D eigenvalue weighted by Gasteiger charge is 2.07. The summed E-state index contributed by atoms with van der Waals surface area (Å²) in [5.41, 5.74) is 1.36. The lowest BCUT2D eigenvalue weighted by atomic mass is 10.2. The molecule has 0 bridgehead atoms. The third-order valence-electron chi connectivity index (χ3n) is 2.74. The molecular weight excluding hydrogens is 292 g/mol. The van der Waals surface area contributed by atoms with E-state index in [2.05, 4.69) is 16.4 Å². The van der Waals surface area contributed by atoms with E-state index >= 15 is 0 Å². The van der Waals surface area contributed by atoms with Gasteiger partial charge in [-0.1, -0.05) is 18.2 Å². The number of amides is 1. The fourth-order valence-corrected chi connectivity index (χ4v) is 1.73. The van der Waals surface area contributed by atoms with Crippen molar-refractivity contribution in [2.24, 2.45) is 4.99 Å². The maximum absolute atomic E-state index is 11.8. The predicted molar refractivity (Wildman–Crippen MR) is 89.1 cm³/mol. The molecule has 0 atom stereocenters.